The van der Waals surface area contributed by atoms with Crippen LogP contribution >= 0.6 is 15.9 Å². The molecular weight excluding hydrogens is 356 g/mol. The van der Waals surface area contributed by atoms with E-state index < -0.39 is 16.1 Å². The van der Waals surface area contributed by atoms with Crippen LogP contribution in [-0.2, 0) is 14.8 Å². The van der Waals surface area contributed by atoms with Gasteiger partial charge < -0.3 is 5.32 Å². The van der Waals surface area contributed by atoms with Crippen LogP contribution in [-0.4, -0.2) is 26.4 Å². The van der Waals surface area contributed by atoms with E-state index >= 15 is 0 Å². The van der Waals surface area contributed by atoms with Crippen molar-refractivity contribution in [1.29, 1.82) is 0 Å². The van der Waals surface area contributed by atoms with Crippen molar-refractivity contribution in [3.8, 4) is 0 Å². The van der Waals surface area contributed by atoms with Crippen LogP contribution in [0.25, 0.3) is 0 Å². The van der Waals surface area contributed by atoms with E-state index in [1.165, 1.54) is 19.1 Å². The van der Waals surface area contributed by atoms with Crippen molar-refractivity contribution in [3.05, 3.63) is 28.7 Å². The molecule has 0 aromatic heterocycles. The highest BCUT2D eigenvalue weighted by atomic mass is 79.9. The number of hydrogen-bond donors (Lipinski definition) is 2. The average Bonchev–Trinajstić information content (AvgIpc) is 2.38. The molecule has 2 atom stereocenters. The number of rotatable bonds is 7. The molecule has 0 unspecified atom stereocenters. The maximum absolute atomic E-state index is 12.2. The summed E-state index contributed by atoms with van der Waals surface area (Å²) >= 11 is 3.25. The highest BCUT2D eigenvalue weighted by molar-refractivity contribution is 9.10. The lowest BCUT2D eigenvalue weighted by Crippen LogP contribution is -2.47. The van der Waals surface area contributed by atoms with E-state index in [2.05, 4.69) is 26.0 Å². The second kappa shape index (κ2) is 7.91. The first-order valence-corrected chi connectivity index (χ1v) is 9.12. The summed E-state index contributed by atoms with van der Waals surface area (Å²) in [6.07, 6.45) is 1.82. The molecule has 1 aromatic rings. The zero-order chi connectivity index (χ0) is 16.0. The number of hydrogen-bond acceptors (Lipinski definition) is 3. The third-order valence-corrected chi connectivity index (χ3v) is 5.04. The number of carbonyl (C=O) groups excluding carboxylic acids is 1. The van der Waals surface area contributed by atoms with Crippen molar-refractivity contribution in [2.45, 2.75) is 50.6 Å². The van der Waals surface area contributed by atoms with E-state index in [1.807, 2.05) is 13.8 Å². The first-order chi connectivity index (χ1) is 9.76. The molecular formula is C14H21BrN2O3S. The van der Waals surface area contributed by atoms with E-state index in [0.29, 0.717) is 0 Å². The molecule has 0 fully saturated rings. The molecule has 0 saturated heterocycles. The van der Waals surface area contributed by atoms with E-state index in [1.54, 1.807) is 12.1 Å². The Bertz CT molecular complexity index is 572. The molecule has 7 heteroatoms. The summed E-state index contributed by atoms with van der Waals surface area (Å²) < 4.78 is 27.5. The van der Waals surface area contributed by atoms with Crippen LogP contribution in [0.3, 0.4) is 0 Å². The minimum atomic E-state index is -3.70. The van der Waals surface area contributed by atoms with Crippen molar-refractivity contribution in [2.75, 3.05) is 0 Å². The molecule has 0 bridgehead atoms. The number of halogens is 1. The maximum atomic E-state index is 12.2. The fourth-order valence-corrected chi connectivity index (χ4v) is 3.31. The number of benzene rings is 1. The Balaban J connectivity index is 2.70. The first kappa shape index (κ1) is 18.1. The predicted octanol–water partition coefficient (Wildman–Crippen LogP) is 2.42. The predicted molar refractivity (Wildman–Crippen MR) is 86.4 cm³/mol. The van der Waals surface area contributed by atoms with Gasteiger partial charge in [0.25, 0.3) is 0 Å². The van der Waals surface area contributed by atoms with Gasteiger partial charge in [-0.25, -0.2) is 8.42 Å². The van der Waals surface area contributed by atoms with Gasteiger partial charge in [-0.1, -0.05) is 29.3 Å². The Morgan fingerprint density at radius 2 is 1.81 bits per heavy atom. The summed E-state index contributed by atoms with van der Waals surface area (Å²) in [5.41, 5.74) is 0. The number of carbonyl (C=O) groups is 1. The van der Waals surface area contributed by atoms with Gasteiger partial charge in [-0.15, -0.1) is 0 Å². The summed E-state index contributed by atoms with van der Waals surface area (Å²) in [6, 6.07) is 5.46. The maximum Gasteiger partial charge on any atom is 0.241 e. The summed E-state index contributed by atoms with van der Waals surface area (Å²) in [7, 11) is -3.70. The first-order valence-electron chi connectivity index (χ1n) is 6.84. The molecule has 2 N–H and O–H groups in total. The molecule has 0 radical (unpaired) electrons. The van der Waals surface area contributed by atoms with Gasteiger partial charge in [-0.3, -0.25) is 4.79 Å². The molecule has 0 heterocycles. The second-order valence-electron chi connectivity index (χ2n) is 5.00. The van der Waals surface area contributed by atoms with Crippen LogP contribution in [0, 0.1) is 0 Å². The molecule has 118 valence electrons. The van der Waals surface area contributed by atoms with Crippen LogP contribution in [0.15, 0.2) is 33.6 Å². The second-order valence-corrected chi connectivity index (χ2v) is 7.62. The van der Waals surface area contributed by atoms with Crippen LogP contribution < -0.4 is 10.0 Å². The quantitative estimate of drug-likeness (QED) is 0.766. The molecule has 0 aliphatic rings. The fraction of sp³-hybridized carbons (Fsp3) is 0.500. The molecule has 21 heavy (non-hydrogen) atoms. The molecule has 0 aliphatic heterocycles. The smallest absolute Gasteiger partial charge is 0.241 e. The highest BCUT2D eigenvalue weighted by Crippen LogP contribution is 2.14. The van der Waals surface area contributed by atoms with Gasteiger partial charge in [0.05, 0.1) is 10.9 Å². The van der Waals surface area contributed by atoms with Gasteiger partial charge in [0.15, 0.2) is 0 Å². The molecule has 0 saturated carbocycles. The standard InChI is InChI=1S/C14H21BrN2O3S/c1-4-5-10(2)16-14(18)11(3)17-21(19,20)13-8-6-12(15)7-9-13/h6-11,17H,4-5H2,1-3H3,(H,16,18)/t10-,11+/m1/s1. The zero-order valence-corrected chi connectivity index (χ0v) is 14.8. The van der Waals surface area contributed by atoms with Crippen molar-refractivity contribution >= 4 is 31.9 Å². The Morgan fingerprint density at radius 3 is 2.33 bits per heavy atom. The van der Waals surface area contributed by atoms with E-state index in [4.69, 9.17) is 0 Å². The largest absolute Gasteiger partial charge is 0.352 e. The highest BCUT2D eigenvalue weighted by Gasteiger charge is 2.22. The Morgan fingerprint density at radius 1 is 1.24 bits per heavy atom. The van der Waals surface area contributed by atoms with Crippen molar-refractivity contribution in [1.82, 2.24) is 10.0 Å². The Labute approximate surface area is 134 Å². The third-order valence-electron chi connectivity index (χ3n) is 2.96. The monoisotopic (exact) mass is 376 g/mol. The Hall–Kier alpha value is -0.920. The number of sulfonamides is 1. The lowest BCUT2D eigenvalue weighted by Gasteiger charge is -2.18. The molecule has 5 nitrogen and oxygen atoms in total. The molecule has 1 aromatic carbocycles. The van der Waals surface area contributed by atoms with Crippen molar-refractivity contribution in [3.63, 3.8) is 0 Å². The van der Waals surface area contributed by atoms with E-state index in [9.17, 15) is 13.2 Å². The minimum absolute atomic E-state index is 0.0298. The van der Waals surface area contributed by atoms with E-state index in [0.717, 1.165) is 17.3 Å². The van der Waals surface area contributed by atoms with Gasteiger partial charge in [0, 0.05) is 10.5 Å². The summed E-state index contributed by atoms with van der Waals surface area (Å²) in [5, 5.41) is 2.79. The van der Waals surface area contributed by atoms with Crippen molar-refractivity contribution in [2.24, 2.45) is 0 Å². The number of nitrogens with one attached hydrogen (secondary N) is 2. The SMILES string of the molecule is CCC[C@@H](C)NC(=O)[C@H](C)NS(=O)(=O)c1ccc(Br)cc1. The molecule has 0 aliphatic carbocycles. The van der Waals surface area contributed by atoms with Gasteiger partial charge in [-0.05, 0) is 44.5 Å². The van der Waals surface area contributed by atoms with Gasteiger partial charge in [-0.2, -0.15) is 4.72 Å². The van der Waals surface area contributed by atoms with Gasteiger partial charge >= 0.3 is 0 Å². The molecule has 0 spiro atoms. The molecule has 1 rings (SSSR count). The Kier molecular flexibility index (Phi) is 6.83. The summed E-state index contributed by atoms with van der Waals surface area (Å²) in [5.74, 6) is -0.323. The topological polar surface area (TPSA) is 75.3 Å². The lowest BCUT2D eigenvalue weighted by molar-refractivity contribution is -0.123. The fourth-order valence-electron chi connectivity index (χ4n) is 1.84. The average molecular weight is 377 g/mol. The van der Waals surface area contributed by atoms with Crippen LogP contribution in [0.2, 0.25) is 0 Å². The minimum Gasteiger partial charge on any atom is -0.352 e. The van der Waals surface area contributed by atoms with Crippen LogP contribution in [0.5, 0.6) is 0 Å². The van der Waals surface area contributed by atoms with E-state index in [-0.39, 0.29) is 16.8 Å². The number of amides is 1. The lowest BCUT2D eigenvalue weighted by atomic mass is 10.2. The summed E-state index contributed by atoms with van der Waals surface area (Å²) in [6.45, 7) is 5.46. The van der Waals surface area contributed by atoms with Crippen LogP contribution in [0.1, 0.15) is 33.6 Å². The van der Waals surface area contributed by atoms with Gasteiger partial charge in [0.1, 0.15) is 0 Å². The van der Waals surface area contributed by atoms with Crippen molar-refractivity contribution < 1.29 is 13.2 Å². The molecule has 1 amide bonds. The van der Waals surface area contributed by atoms with Gasteiger partial charge in [0.2, 0.25) is 15.9 Å². The normalized spacial score (nSPS) is 14.5. The zero-order valence-electron chi connectivity index (χ0n) is 12.4. The third kappa shape index (κ3) is 5.76. The summed E-state index contributed by atoms with van der Waals surface area (Å²) in [4.78, 5) is 12.1. The van der Waals surface area contributed by atoms with Crippen LogP contribution in [0.4, 0.5) is 0 Å².